The minimum atomic E-state index is 0.0226. The largest absolute Gasteiger partial charge is 0.442 e. The maximum absolute atomic E-state index is 4.99. The van der Waals surface area contributed by atoms with Gasteiger partial charge in [0.1, 0.15) is 0 Å². The maximum atomic E-state index is 4.99. The first-order valence-corrected chi connectivity index (χ1v) is 3.66. The molecule has 0 bridgehead atoms. The normalized spacial score (nSPS) is 17.9. The summed E-state index contributed by atoms with van der Waals surface area (Å²) in [5, 5.41) is 0. The van der Waals surface area contributed by atoms with Gasteiger partial charge in [0.15, 0.2) is 0 Å². The van der Waals surface area contributed by atoms with Gasteiger partial charge in [-0.1, -0.05) is 13.8 Å². The van der Waals surface area contributed by atoms with Crippen molar-refractivity contribution >= 4 is 20.7 Å². The van der Waals surface area contributed by atoms with Crippen molar-refractivity contribution < 1.29 is 4.65 Å². The van der Waals surface area contributed by atoms with E-state index in [9.17, 15) is 0 Å². The highest BCUT2D eigenvalue weighted by Gasteiger charge is 2.22. The molecule has 1 nitrogen and oxygen atoms in total. The predicted molar refractivity (Wildman–Crippen MR) is 46.7 cm³/mol. The van der Waals surface area contributed by atoms with E-state index in [1.807, 2.05) is 0 Å². The van der Waals surface area contributed by atoms with Gasteiger partial charge in [-0.05, 0) is 12.8 Å². The van der Waals surface area contributed by atoms with Crippen molar-refractivity contribution in [2.45, 2.75) is 25.5 Å². The summed E-state index contributed by atoms with van der Waals surface area (Å²) in [4.78, 5) is 0. The van der Waals surface area contributed by atoms with E-state index in [4.69, 9.17) is 4.65 Å². The monoisotopic (exact) mass is 146 g/mol. The Morgan fingerprint density at radius 3 is 2.22 bits per heavy atom. The van der Waals surface area contributed by atoms with Crippen LogP contribution in [0.25, 0.3) is 0 Å². The Kier molecular flexibility index (Phi) is 3.67. The molecule has 0 radical (unpaired) electrons. The molecule has 1 unspecified atom stereocenters. The summed E-state index contributed by atoms with van der Waals surface area (Å²) >= 11 is 4.44. The fourth-order valence-electron chi connectivity index (χ4n) is 0.459. The molecular formula is C6H15BOS. The van der Waals surface area contributed by atoms with E-state index in [0.717, 1.165) is 0 Å². The number of thiol groups is 1. The molecule has 1 atom stereocenters. The molecule has 0 fully saturated rings. The first-order valence-electron chi connectivity index (χ1n) is 3.22. The van der Waals surface area contributed by atoms with Gasteiger partial charge in [-0.2, -0.15) is 12.6 Å². The molecular weight excluding hydrogens is 131 g/mol. The van der Waals surface area contributed by atoms with Crippen molar-refractivity contribution in [1.29, 1.82) is 0 Å². The van der Waals surface area contributed by atoms with E-state index in [2.05, 4.69) is 33.4 Å². The number of hydrogen-bond donors (Lipinski definition) is 1. The van der Waals surface area contributed by atoms with Crippen molar-refractivity contribution in [2.24, 2.45) is 5.92 Å². The molecule has 0 aliphatic rings. The van der Waals surface area contributed by atoms with E-state index >= 15 is 0 Å². The van der Waals surface area contributed by atoms with E-state index in [1.165, 1.54) is 0 Å². The van der Waals surface area contributed by atoms with Crippen LogP contribution in [0.15, 0.2) is 0 Å². The van der Waals surface area contributed by atoms with E-state index in [0.29, 0.717) is 12.5 Å². The smallest absolute Gasteiger partial charge is 0.257 e. The fraction of sp³-hybridized carbons (Fsp3) is 1.00. The van der Waals surface area contributed by atoms with Crippen LogP contribution < -0.4 is 0 Å². The summed E-state index contributed by atoms with van der Waals surface area (Å²) in [6, 6.07) is 0. The van der Waals surface area contributed by atoms with Gasteiger partial charge in [0.05, 0.1) is 0 Å². The molecule has 0 aromatic rings. The molecule has 3 heteroatoms. The van der Waals surface area contributed by atoms with Crippen molar-refractivity contribution in [3.63, 3.8) is 0 Å². The average molecular weight is 146 g/mol. The van der Waals surface area contributed by atoms with Crippen molar-refractivity contribution in [1.82, 2.24) is 0 Å². The van der Waals surface area contributed by atoms with Gasteiger partial charge in [0.25, 0.3) is 8.05 Å². The SMILES string of the molecule is BOCC(C)(S)C(C)C. The number of rotatable bonds is 3. The lowest BCUT2D eigenvalue weighted by Crippen LogP contribution is -2.29. The molecule has 54 valence electrons. The van der Waals surface area contributed by atoms with Gasteiger partial charge in [-0.3, -0.25) is 0 Å². The van der Waals surface area contributed by atoms with Crippen LogP contribution >= 0.6 is 12.6 Å². The zero-order valence-electron chi connectivity index (χ0n) is 6.64. The molecule has 0 aromatic heterocycles. The van der Waals surface area contributed by atoms with Gasteiger partial charge in [-0.15, -0.1) is 0 Å². The Bertz CT molecular complexity index is 83.1. The molecule has 0 aromatic carbocycles. The summed E-state index contributed by atoms with van der Waals surface area (Å²) in [5.74, 6) is 0.556. The first-order chi connectivity index (χ1) is 4.00. The summed E-state index contributed by atoms with van der Waals surface area (Å²) in [7, 11) is 1.71. The van der Waals surface area contributed by atoms with Crippen LogP contribution in [-0.4, -0.2) is 19.4 Å². The average Bonchev–Trinajstić information content (AvgIpc) is 1.65. The Labute approximate surface area is 64.0 Å². The molecule has 0 aliphatic carbocycles. The second-order valence-electron chi connectivity index (χ2n) is 2.94. The molecule has 0 saturated heterocycles. The fourth-order valence-corrected chi connectivity index (χ4v) is 0.588. The Morgan fingerprint density at radius 2 is 2.11 bits per heavy atom. The van der Waals surface area contributed by atoms with E-state index < -0.39 is 0 Å². The van der Waals surface area contributed by atoms with Crippen molar-refractivity contribution in [3.05, 3.63) is 0 Å². The lowest BCUT2D eigenvalue weighted by atomic mass is 9.98. The molecule has 0 rings (SSSR count). The minimum absolute atomic E-state index is 0.0226. The highest BCUT2D eigenvalue weighted by molar-refractivity contribution is 7.81. The molecule has 9 heavy (non-hydrogen) atoms. The van der Waals surface area contributed by atoms with Gasteiger partial charge in [-0.25, -0.2) is 0 Å². The van der Waals surface area contributed by atoms with Crippen LogP contribution in [0.5, 0.6) is 0 Å². The molecule has 0 spiro atoms. The third-order valence-electron chi connectivity index (χ3n) is 1.68. The summed E-state index contributed by atoms with van der Waals surface area (Å²) in [6.07, 6.45) is 0. The topological polar surface area (TPSA) is 9.23 Å². The van der Waals surface area contributed by atoms with Crippen LogP contribution in [0.1, 0.15) is 20.8 Å². The summed E-state index contributed by atoms with van der Waals surface area (Å²) in [6.45, 7) is 7.09. The molecule has 0 saturated carbocycles. The standard InChI is InChI=1S/C6H15BOS/c1-5(2)6(3,9)4-8-7/h5,9H,4,7H2,1-3H3. The van der Waals surface area contributed by atoms with Gasteiger partial charge in [0, 0.05) is 11.4 Å². The minimum Gasteiger partial charge on any atom is -0.442 e. The maximum Gasteiger partial charge on any atom is 0.257 e. The van der Waals surface area contributed by atoms with E-state index in [-0.39, 0.29) is 4.75 Å². The Morgan fingerprint density at radius 1 is 1.67 bits per heavy atom. The lowest BCUT2D eigenvalue weighted by molar-refractivity contribution is 0.268. The predicted octanol–water partition coefficient (Wildman–Crippen LogP) is 0.896. The van der Waals surface area contributed by atoms with Crippen LogP contribution in [0.4, 0.5) is 0 Å². The molecule has 0 aliphatic heterocycles. The highest BCUT2D eigenvalue weighted by Crippen LogP contribution is 2.23. The summed E-state index contributed by atoms with van der Waals surface area (Å²) < 4.78 is 5.01. The lowest BCUT2D eigenvalue weighted by Gasteiger charge is -2.27. The first kappa shape index (κ1) is 9.37. The zero-order valence-corrected chi connectivity index (χ0v) is 7.53. The molecule has 0 amide bonds. The van der Waals surface area contributed by atoms with Gasteiger partial charge in [0.2, 0.25) is 0 Å². The van der Waals surface area contributed by atoms with E-state index in [1.54, 1.807) is 8.05 Å². The molecule has 0 heterocycles. The van der Waals surface area contributed by atoms with Crippen LogP contribution in [0.2, 0.25) is 0 Å². The quantitative estimate of drug-likeness (QED) is 0.459. The third kappa shape index (κ3) is 3.16. The summed E-state index contributed by atoms with van der Waals surface area (Å²) in [5.41, 5.74) is 0. The second kappa shape index (κ2) is 3.52. The van der Waals surface area contributed by atoms with Gasteiger partial charge < -0.3 is 4.65 Å². The van der Waals surface area contributed by atoms with Crippen molar-refractivity contribution in [3.8, 4) is 0 Å². The van der Waals surface area contributed by atoms with Gasteiger partial charge >= 0.3 is 0 Å². The zero-order chi connectivity index (χ0) is 7.49. The Hall–Kier alpha value is 0.375. The van der Waals surface area contributed by atoms with Crippen LogP contribution in [-0.2, 0) is 4.65 Å². The Balaban J connectivity index is 3.70. The van der Waals surface area contributed by atoms with Crippen molar-refractivity contribution in [2.75, 3.05) is 6.61 Å². The van der Waals surface area contributed by atoms with Crippen LogP contribution in [0, 0.1) is 5.92 Å². The molecule has 0 N–H and O–H groups in total. The van der Waals surface area contributed by atoms with Crippen LogP contribution in [0.3, 0.4) is 0 Å². The highest BCUT2D eigenvalue weighted by atomic mass is 32.1. The second-order valence-corrected chi connectivity index (χ2v) is 3.97. The number of hydrogen-bond acceptors (Lipinski definition) is 2. The third-order valence-corrected chi connectivity index (χ3v) is 2.33.